The van der Waals surface area contributed by atoms with Crippen LogP contribution in [-0.2, 0) is 0 Å². The first-order chi connectivity index (χ1) is 5.85. The molecule has 0 aliphatic rings. The molecule has 0 aromatic rings. The summed E-state index contributed by atoms with van der Waals surface area (Å²) in [4.78, 5) is 0. The maximum atomic E-state index is 3.34. The van der Waals surface area contributed by atoms with Crippen LogP contribution < -0.4 is 5.32 Å². The Hall–Kier alpha value is -0.0400. The largest absolute Gasteiger partial charge is 0.317 e. The van der Waals surface area contributed by atoms with Crippen LogP contribution in [0.15, 0.2) is 0 Å². The average Bonchev–Trinajstić information content (AvgIpc) is 2.15. The molecule has 1 nitrogen and oxygen atoms in total. The Kier molecular flexibility index (Phi) is 16.3. The minimum absolute atomic E-state index is 0.768. The van der Waals surface area contributed by atoms with Crippen LogP contribution in [0, 0.1) is 0 Å². The topological polar surface area (TPSA) is 12.0 Å². The van der Waals surface area contributed by atoms with E-state index < -0.39 is 0 Å². The van der Waals surface area contributed by atoms with E-state index in [1.807, 2.05) is 13.8 Å². The zero-order valence-corrected chi connectivity index (χ0v) is 9.61. The molecule has 0 rings (SSSR count). The van der Waals surface area contributed by atoms with Crippen LogP contribution in [0.25, 0.3) is 0 Å². The Labute approximate surface area is 78.9 Å². The molecule has 76 valence electrons. The molecular formula is C11H27N. The van der Waals surface area contributed by atoms with Gasteiger partial charge in [0.05, 0.1) is 0 Å². The second kappa shape index (κ2) is 13.5. The van der Waals surface area contributed by atoms with Gasteiger partial charge < -0.3 is 5.32 Å². The van der Waals surface area contributed by atoms with E-state index >= 15 is 0 Å². The van der Waals surface area contributed by atoms with Crippen LogP contribution in [0.3, 0.4) is 0 Å². The Morgan fingerprint density at radius 1 is 1.00 bits per heavy atom. The van der Waals surface area contributed by atoms with Gasteiger partial charge in [0.2, 0.25) is 0 Å². The van der Waals surface area contributed by atoms with E-state index in [1.54, 1.807) is 0 Å². The van der Waals surface area contributed by atoms with E-state index in [0.717, 1.165) is 6.04 Å². The van der Waals surface area contributed by atoms with Gasteiger partial charge in [-0.3, -0.25) is 0 Å². The molecule has 0 radical (unpaired) electrons. The Morgan fingerprint density at radius 3 is 1.92 bits per heavy atom. The molecule has 0 fully saturated rings. The van der Waals surface area contributed by atoms with Gasteiger partial charge in [-0.25, -0.2) is 0 Å². The Morgan fingerprint density at radius 2 is 1.58 bits per heavy atom. The molecule has 0 amide bonds. The molecule has 1 unspecified atom stereocenters. The SMILES string of the molecule is CC.CCCCC(CCC)NC. The fourth-order valence-corrected chi connectivity index (χ4v) is 1.23. The highest BCUT2D eigenvalue weighted by atomic mass is 14.9. The quantitative estimate of drug-likeness (QED) is 0.647. The van der Waals surface area contributed by atoms with Crippen LogP contribution in [-0.4, -0.2) is 13.1 Å². The van der Waals surface area contributed by atoms with E-state index in [9.17, 15) is 0 Å². The standard InChI is InChI=1S/C9H21N.C2H6/c1-4-6-8-9(10-3)7-5-2;1-2/h9-10H,4-8H2,1-3H3;1-2H3. The molecule has 0 bridgehead atoms. The molecule has 0 aromatic heterocycles. The maximum absolute atomic E-state index is 3.34. The molecule has 0 aliphatic heterocycles. The zero-order valence-electron chi connectivity index (χ0n) is 9.61. The number of hydrogen-bond acceptors (Lipinski definition) is 1. The van der Waals surface area contributed by atoms with Gasteiger partial charge in [-0.15, -0.1) is 0 Å². The third kappa shape index (κ3) is 9.96. The maximum Gasteiger partial charge on any atom is 0.00639 e. The van der Waals surface area contributed by atoms with Crippen LogP contribution in [0.5, 0.6) is 0 Å². The first-order valence-corrected chi connectivity index (χ1v) is 5.52. The number of unbranched alkanes of at least 4 members (excludes halogenated alkanes) is 1. The predicted octanol–water partition coefficient (Wildman–Crippen LogP) is 3.59. The highest BCUT2D eigenvalue weighted by molar-refractivity contribution is 4.62. The lowest BCUT2D eigenvalue weighted by molar-refractivity contribution is 0.467. The van der Waals surface area contributed by atoms with Gasteiger partial charge in [0, 0.05) is 6.04 Å². The lowest BCUT2D eigenvalue weighted by Gasteiger charge is -2.13. The van der Waals surface area contributed by atoms with Gasteiger partial charge in [-0.1, -0.05) is 47.0 Å². The molecule has 12 heavy (non-hydrogen) atoms. The van der Waals surface area contributed by atoms with Crippen molar-refractivity contribution in [1.29, 1.82) is 0 Å². The minimum atomic E-state index is 0.768. The summed E-state index contributed by atoms with van der Waals surface area (Å²) in [6.45, 7) is 8.49. The van der Waals surface area contributed by atoms with Crippen molar-refractivity contribution in [3.63, 3.8) is 0 Å². The summed E-state index contributed by atoms with van der Waals surface area (Å²) in [5.41, 5.74) is 0. The first-order valence-electron chi connectivity index (χ1n) is 5.52. The number of hydrogen-bond donors (Lipinski definition) is 1. The van der Waals surface area contributed by atoms with Crippen molar-refractivity contribution in [2.75, 3.05) is 7.05 Å². The summed E-state index contributed by atoms with van der Waals surface area (Å²) in [6, 6.07) is 0.768. The Bertz CT molecular complexity index is 62.0. The van der Waals surface area contributed by atoms with Gasteiger partial charge in [-0.2, -0.15) is 0 Å². The van der Waals surface area contributed by atoms with Gasteiger partial charge in [0.15, 0.2) is 0 Å². The van der Waals surface area contributed by atoms with E-state index in [-0.39, 0.29) is 0 Å². The number of rotatable bonds is 6. The van der Waals surface area contributed by atoms with Crippen LogP contribution in [0.4, 0.5) is 0 Å². The summed E-state index contributed by atoms with van der Waals surface area (Å²) >= 11 is 0. The van der Waals surface area contributed by atoms with E-state index in [4.69, 9.17) is 0 Å². The lowest BCUT2D eigenvalue weighted by Crippen LogP contribution is -2.24. The fourth-order valence-electron chi connectivity index (χ4n) is 1.23. The third-order valence-electron chi connectivity index (χ3n) is 1.95. The summed E-state index contributed by atoms with van der Waals surface area (Å²) in [5, 5.41) is 3.34. The molecule has 0 saturated heterocycles. The predicted molar refractivity (Wildman–Crippen MR) is 58.6 cm³/mol. The molecule has 1 N–H and O–H groups in total. The molecule has 0 aliphatic carbocycles. The summed E-state index contributed by atoms with van der Waals surface area (Å²) in [6.07, 6.45) is 6.67. The minimum Gasteiger partial charge on any atom is -0.317 e. The van der Waals surface area contributed by atoms with Crippen LogP contribution in [0.2, 0.25) is 0 Å². The second-order valence-corrected chi connectivity index (χ2v) is 2.92. The smallest absolute Gasteiger partial charge is 0.00639 e. The van der Waals surface area contributed by atoms with Crippen molar-refractivity contribution in [3.8, 4) is 0 Å². The van der Waals surface area contributed by atoms with E-state index in [2.05, 4.69) is 26.2 Å². The van der Waals surface area contributed by atoms with Gasteiger partial charge in [0.1, 0.15) is 0 Å². The normalized spacial score (nSPS) is 11.8. The van der Waals surface area contributed by atoms with Gasteiger partial charge >= 0.3 is 0 Å². The van der Waals surface area contributed by atoms with Gasteiger partial charge in [-0.05, 0) is 19.9 Å². The third-order valence-corrected chi connectivity index (χ3v) is 1.95. The van der Waals surface area contributed by atoms with Crippen molar-refractivity contribution < 1.29 is 0 Å². The molecule has 0 heterocycles. The Balaban J connectivity index is 0. The van der Waals surface area contributed by atoms with Crippen LogP contribution >= 0.6 is 0 Å². The highest BCUT2D eigenvalue weighted by Gasteiger charge is 2.01. The molecule has 0 saturated carbocycles. The van der Waals surface area contributed by atoms with Crippen molar-refractivity contribution >= 4 is 0 Å². The van der Waals surface area contributed by atoms with E-state index in [1.165, 1.54) is 32.1 Å². The first kappa shape index (κ1) is 14.5. The lowest BCUT2D eigenvalue weighted by atomic mass is 10.1. The summed E-state index contributed by atoms with van der Waals surface area (Å²) in [5.74, 6) is 0. The van der Waals surface area contributed by atoms with Crippen molar-refractivity contribution in [1.82, 2.24) is 5.32 Å². The van der Waals surface area contributed by atoms with Crippen LogP contribution in [0.1, 0.15) is 59.8 Å². The molecule has 1 atom stereocenters. The highest BCUT2D eigenvalue weighted by Crippen LogP contribution is 2.05. The average molecular weight is 173 g/mol. The molecular weight excluding hydrogens is 146 g/mol. The van der Waals surface area contributed by atoms with Crippen molar-refractivity contribution in [2.45, 2.75) is 65.8 Å². The zero-order chi connectivity index (χ0) is 9.82. The van der Waals surface area contributed by atoms with Crippen molar-refractivity contribution in [3.05, 3.63) is 0 Å². The molecule has 1 heteroatoms. The molecule has 0 aromatic carbocycles. The summed E-state index contributed by atoms with van der Waals surface area (Å²) < 4.78 is 0. The van der Waals surface area contributed by atoms with E-state index in [0.29, 0.717) is 0 Å². The summed E-state index contributed by atoms with van der Waals surface area (Å²) in [7, 11) is 2.07. The monoisotopic (exact) mass is 173 g/mol. The molecule has 0 spiro atoms. The fraction of sp³-hybridized carbons (Fsp3) is 1.00. The van der Waals surface area contributed by atoms with Crippen molar-refractivity contribution in [2.24, 2.45) is 0 Å². The van der Waals surface area contributed by atoms with Gasteiger partial charge in [0.25, 0.3) is 0 Å². The second-order valence-electron chi connectivity index (χ2n) is 2.92. The number of nitrogens with one attached hydrogen (secondary N) is 1.